The zero-order valence-corrected chi connectivity index (χ0v) is 17.0. The molecular formula is C21H23N3O3S. The van der Waals surface area contributed by atoms with Crippen LogP contribution in [0.25, 0.3) is 10.2 Å². The molecule has 0 radical (unpaired) electrons. The van der Waals surface area contributed by atoms with Gasteiger partial charge in [0.2, 0.25) is 0 Å². The third-order valence-corrected chi connectivity index (χ3v) is 6.81. The van der Waals surface area contributed by atoms with E-state index in [-0.39, 0.29) is 23.1 Å². The first-order valence-corrected chi connectivity index (χ1v) is 10.3. The zero-order chi connectivity index (χ0) is 20.1. The fraction of sp³-hybridized carbons (Fsp3) is 0.429. The van der Waals surface area contributed by atoms with Gasteiger partial charge in [0.15, 0.2) is 4.83 Å². The first kappa shape index (κ1) is 18.8. The van der Waals surface area contributed by atoms with Crippen molar-refractivity contribution in [2.24, 2.45) is 11.3 Å². The number of nitrogens with zero attached hydrogens (tertiary/aromatic N) is 3. The fourth-order valence-electron chi connectivity index (χ4n) is 3.95. The summed E-state index contributed by atoms with van der Waals surface area (Å²) < 4.78 is 1.34. The van der Waals surface area contributed by atoms with Crippen molar-refractivity contribution >= 4 is 27.5 Å². The summed E-state index contributed by atoms with van der Waals surface area (Å²) in [6.07, 6.45) is 2.96. The number of carboxylic acid groups (broad SMARTS) is 1. The van der Waals surface area contributed by atoms with Gasteiger partial charge in [0, 0.05) is 4.88 Å². The highest BCUT2D eigenvalue weighted by Crippen LogP contribution is 2.41. The molecule has 1 N–H and O–H groups in total. The van der Waals surface area contributed by atoms with Gasteiger partial charge in [-0.05, 0) is 53.9 Å². The van der Waals surface area contributed by atoms with E-state index in [9.17, 15) is 9.59 Å². The van der Waals surface area contributed by atoms with Crippen LogP contribution in [0.2, 0.25) is 0 Å². The van der Waals surface area contributed by atoms with E-state index in [2.05, 4.69) is 31.1 Å². The molecule has 0 saturated heterocycles. The Balaban J connectivity index is 1.71. The van der Waals surface area contributed by atoms with Crippen LogP contribution in [-0.4, -0.2) is 26.1 Å². The van der Waals surface area contributed by atoms with Gasteiger partial charge in [0.1, 0.15) is 0 Å². The normalized spacial score (nSPS) is 16.9. The van der Waals surface area contributed by atoms with Gasteiger partial charge in [-0.2, -0.15) is 0 Å². The Kier molecular flexibility index (Phi) is 4.57. The standard InChI is InChI=1S/C21H23N3O3S/c1-21(2,3)14-7-8-15-16(10-14)28-18-17(15)19(25)24(23-22-18)11-12-5-4-6-13(9-12)20(26)27/h4-6,9,14H,7-8,10-11H2,1-3H3,(H,26,27). The first-order chi connectivity index (χ1) is 13.2. The Labute approximate surface area is 166 Å². The van der Waals surface area contributed by atoms with Crippen LogP contribution in [0.3, 0.4) is 0 Å². The van der Waals surface area contributed by atoms with Crippen molar-refractivity contribution in [2.45, 2.75) is 46.6 Å². The molecule has 1 aliphatic carbocycles. The average Bonchev–Trinajstić information content (AvgIpc) is 3.02. The van der Waals surface area contributed by atoms with E-state index >= 15 is 0 Å². The number of thiophene rings is 1. The third-order valence-electron chi connectivity index (χ3n) is 5.67. The molecule has 2 aromatic heterocycles. The molecular weight excluding hydrogens is 374 g/mol. The molecule has 1 aliphatic rings. The summed E-state index contributed by atoms with van der Waals surface area (Å²) in [5.41, 5.74) is 2.15. The van der Waals surface area contributed by atoms with Crippen LogP contribution in [0, 0.1) is 11.3 Å². The van der Waals surface area contributed by atoms with Gasteiger partial charge < -0.3 is 5.11 Å². The summed E-state index contributed by atoms with van der Waals surface area (Å²) in [5.74, 6) is -0.391. The van der Waals surface area contributed by atoms with Crippen molar-refractivity contribution in [3.8, 4) is 0 Å². The van der Waals surface area contributed by atoms with Crippen molar-refractivity contribution < 1.29 is 9.90 Å². The molecule has 1 aromatic carbocycles. The predicted octanol–water partition coefficient (Wildman–Crippen LogP) is 3.75. The highest BCUT2D eigenvalue weighted by atomic mass is 32.1. The number of benzene rings is 1. The molecule has 0 amide bonds. The maximum absolute atomic E-state index is 13.1. The predicted molar refractivity (Wildman–Crippen MR) is 109 cm³/mol. The molecule has 2 heterocycles. The molecule has 0 bridgehead atoms. The molecule has 1 atom stereocenters. The topological polar surface area (TPSA) is 85.1 Å². The minimum Gasteiger partial charge on any atom is -0.478 e. The minimum absolute atomic E-state index is 0.141. The second kappa shape index (κ2) is 6.81. The Morgan fingerprint density at radius 2 is 2.14 bits per heavy atom. The van der Waals surface area contributed by atoms with Gasteiger partial charge in [-0.25, -0.2) is 9.48 Å². The summed E-state index contributed by atoms with van der Waals surface area (Å²) >= 11 is 1.59. The van der Waals surface area contributed by atoms with Crippen LogP contribution in [-0.2, 0) is 19.4 Å². The van der Waals surface area contributed by atoms with Crippen LogP contribution in [0.5, 0.6) is 0 Å². The van der Waals surface area contributed by atoms with E-state index in [1.54, 1.807) is 29.5 Å². The first-order valence-electron chi connectivity index (χ1n) is 9.44. The number of aromatic carboxylic acids is 1. The number of carboxylic acids is 1. The smallest absolute Gasteiger partial charge is 0.335 e. The fourth-order valence-corrected chi connectivity index (χ4v) is 5.18. The Morgan fingerprint density at radius 3 is 2.86 bits per heavy atom. The number of fused-ring (bicyclic) bond motifs is 3. The largest absolute Gasteiger partial charge is 0.478 e. The van der Waals surface area contributed by atoms with Crippen molar-refractivity contribution in [3.63, 3.8) is 0 Å². The summed E-state index contributed by atoms with van der Waals surface area (Å²) in [4.78, 5) is 26.3. The van der Waals surface area contributed by atoms with E-state index in [0.29, 0.717) is 21.7 Å². The lowest BCUT2D eigenvalue weighted by molar-refractivity contribution is 0.0696. The van der Waals surface area contributed by atoms with Crippen LogP contribution >= 0.6 is 11.3 Å². The molecule has 146 valence electrons. The second-order valence-electron chi connectivity index (χ2n) is 8.55. The zero-order valence-electron chi connectivity index (χ0n) is 16.2. The SMILES string of the molecule is CC(C)(C)C1CCc2c(sc3nnn(Cc4cccc(C(=O)O)c4)c(=O)c23)C1. The molecule has 0 spiro atoms. The molecule has 0 fully saturated rings. The van der Waals surface area contributed by atoms with E-state index in [1.165, 1.54) is 15.6 Å². The second-order valence-corrected chi connectivity index (χ2v) is 9.63. The van der Waals surface area contributed by atoms with Crippen molar-refractivity contribution in [3.05, 3.63) is 56.2 Å². The molecule has 0 aliphatic heterocycles. The van der Waals surface area contributed by atoms with Crippen molar-refractivity contribution in [1.82, 2.24) is 15.0 Å². The number of aromatic nitrogens is 3. The molecule has 6 nitrogen and oxygen atoms in total. The molecule has 1 unspecified atom stereocenters. The lowest BCUT2D eigenvalue weighted by Gasteiger charge is -2.33. The number of hydrogen-bond acceptors (Lipinski definition) is 5. The molecule has 0 saturated carbocycles. The van der Waals surface area contributed by atoms with Crippen molar-refractivity contribution in [2.75, 3.05) is 0 Å². The summed E-state index contributed by atoms with van der Waals surface area (Å²) in [6, 6.07) is 6.57. The molecule has 4 rings (SSSR count). The Hall–Kier alpha value is -2.54. The van der Waals surface area contributed by atoms with Crippen LogP contribution < -0.4 is 5.56 Å². The summed E-state index contributed by atoms with van der Waals surface area (Å²) in [6.45, 7) is 7.02. The molecule has 7 heteroatoms. The highest BCUT2D eigenvalue weighted by Gasteiger charge is 2.31. The number of hydrogen-bond donors (Lipinski definition) is 1. The van der Waals surface area contributed by atoms with E-state index in [1.807, 2.05) is 0 Å². The van der Waals surface area contributed by atoms with Gasteiger partial charge in [-0.3, -0.25) is 4.79 Å². The van der Waals surface area contributed by atoms with Crippen LogP contribution in [0.15, 0.2) is 29.1 Å². The quantitative estimate of drug-likeness (QED) is 0.727. The number of rotatable bonds is 3. The minimum atomic E-state index is -0.990. The van der Waals surface area contributed by atoms with Gasteiger partial charge in [-0.15, -0.1) is 16.4 Å². The van der Waals surface area contributed by atoms with Crippen LogP contribution in [0.4, 0.5) is 0 Å². The van der Waals surface area contributed by atoms with Gasteiger partial charge >= 0.3 is 5.97 Å². The van der Waals surface area contributed by atoms with Gasteiger partial charge in [-0.1, -0.05) is 38.1 Å². The third kappa shape index (κ3) is 3.35. The summed E-state index contributed by atoms with van der Waals surface area (Å²) in [7, 11) is 0. The molecule has 28 heavy (non-hydrogen) atoms. The Bertz CT molecular complexity index is 1120. The van der Waals surface area contributed by atoms with E-state index < -0.39 is 5.97 Å². The van der Waals surface area contributed by atoms with Crippen molar-refractivity contribution in [1.29, 1.82) is 0 Å². The van der Waals surface area contributed by atoms with Gasteiger partial charge in [0.05, 0.1) is 17.5 Å². The van der Waals surface area contributed by atoms with Crippen LogP contribution in [0.1, 0.15) is 53.6 Å². The Morgan fingerprint density at radius 1 is 1.36 bits per heavy atom. The monoisotopic (exact) mass is 397 g/mol. The summed E-state index contributed by atoms with van der Waals surface area (Å²) in [5, 5.41) is 18.3. The average molecular weight is 398 g/mol. The van der Waals surface area contributed by atoms with E-state index in [0.717, 1.165) is 24.8 Å². The highest BCUT2D eigenvalue weighted by molar-refractivity contribution is 7.18. The lowest BCUT2D eigenvalue weighted by atomic mass is 9.72. The number of aryl methyl sites for hydroxylation is 1. The lowest BCUT2D eigenvalue weighted by Crippen LogP contribution is -2.28. The van der Waals surface area contributed by atoms with E-state index in [4.69, 9.17) is 5.11 Å². The maximum Gasteiger partial charge on any atom is 0.335 e. The number of carbonyl (C=O) groups is 1. The van der Waals surface area contributed by atoms with Gasteiger partial charge in [0.25, 0.3) is 5.56 Å². The maximum atomic E-state index is 13.1. The molecule has 3 aromatic rings.